The second kappa shape index (κ2) is 8.77. The number of amides is 1. The maximum atomic E-state index is 12.2. The van der Waals surface area contributed by atoms with Crippen LogP contribution in [0.25, 0.3) is 0 Å². The molecule has 1 amide bonds. The Balaban J connectivity index is 0.00000264. The van der Waals surface area contributed by atoms with Crippen molar-refractivity contribution in [1.29, 1.82) is 0 Å². The van der Waals surface area contributed by atoms with Gasteiger partial charge in [-0.1, -0.05) is 6.07 Å². The minimum absolute atomic E-state index is 0. The number of nitrogens with one attached hydrogen (secondary N) is 3. The number of halogens is 1. The van der Waals surface area contributed by atoms with Gasteiger partial charge in [-0.15, -0.1) is 12.4 Å². The van der Waals surface area contributed by atoms with Gasteiger partial charge < -0.3 is 10.6 Å². The first kappa shape index (κ1) is 20.1. The topological polar surface area (TPSA) is 87.3 Å². The van der Waals surface area contributed by atoms with Gasteiger partial charge in [0, 0.05) is 30.5 Å². The Labute approximate surface area is 147 Å². The molecule has 3 N–H and O–H groups in total. The van der Waals surface area contributed by atoms with Gasteiger partial charge in [0.1, 0.15) is 0 Å². The maximum Gasteiger partial charge on any atom is 0.229 e. The second-order valence-electron chi connectivity index (χ2n) is 5.40. The zero-order valence-electron chi connectivity index (χ0n) is 13.1. The SMILES string of the molecule is Cc1ccc(NS(C)(=O)=O)c(NC(=O)CC2CSCCN2)c1.Cl. The van der Waals surface area contributed by atoms with E-state index in [-0.39, 0.29) is 24.4 Å². The summed E-state index contributed by atoms with van der Waals surface area (Å²) in [6.45, 7) is 2.80. The molecule has 1 atom stereocenters. The predicted octanol–water partition coefficient (Wildman–Crippen LogP) is 1.82. The van der Waals surface area contributed by atoms with E-state index in [1.54, 1.807) is 18.2 Å². The average Bonchev–Trinajstić information content (AvgIpc) is 2.41. The summed E-state index contributed by atoms with van der Waals surface area (Å²) in [4.78, 5) is 12.2. The highest BCUT2D eigenvalue weighted by atomic mass is 35.5. The van der Waals surface area contributed by atoms with Crippen LogP contribution in [0, 0.1) is 6.92 Å². The monoisotopic (exact) mass is 379 g/mol. The number of carbonyl (C=O) groups excluding carboxylic acids is 1. The van der Waals surface area contributed by atoms with Crippen molar-refractivity contribution < 1.29 is 13.2 Å². The Morgan fingerprint density at radius 1 is 1.39 bits per heavy atom. The predicted molar refractivity (Wildman–Crippen MR) is 99.3 cm³/mol. The number of hydrogen-bond acceptors (Lipinski definition) is 5. The number of aryl methyl sites for hydroxylation is 1. The van der Waals surface area contributed by atoms with Crippen LogP contribution in [0.15, 0.2) is 18.2 Å². The van der Waals surface area contributed by atoms with Crippen molar-refractivity contribution in [3.63, 3.8) is 0 Å². The van der Waals surface area contributed by atoms with Crippen LogP contribution >= 0.6 is 24.2 Å². The summed E-state index contributed by atoms with van der Waals surface area (Å²) < 4.78 is 25.2. The van der Waals surface area contributed by atoms with Crippen LogP contribution in [0.2, 0.25) is 0 Å². The molecule has 1 aromatic rings. The minimum atomic E-state index is -3.39. The molecule has 0 saturated carbocycles. The van der Waals surface area contributed by atoms with Gasteiger partial charge in [-0.25, -0.2) is 8.42 Å². The molecule has 130 valence electrons. The second-order valence-corrected chi connectivity index (χ2v) is 8.30. The summed E-state index contributed by atoms with van der Waals surface area (Å²) >= 11 is 1.83. The molecule has 23 heavy (non-hydrogen) atoms. The van der Waals surface area contributed by atoms with Crippen LogP contribution in [-0.4, -0.2) is 44.7 Å². The largest absolute Gasteiger partial charge is 0.324 e. The number of sulfonamides is 1. The summed E-state index contributed by atoms with van der Waals surface area (Å²) in [6.07, 6.45) is 1.46. The lowest BCUT2D eigenvalue weighted by atomic mass is 10.1. The molecule has 0 aromatic heterocycles. The smallest absolute Gasteiger partial charge is 0.229 e. The summed E-state index contributed by atoms with van der Waals surface area (Å²) in [6, 6.07) is 5.37. The zero-order valence-corrected chi connectivity index (χ0v) is 15.5. The van der Waals surface area contributed by atoms with E-state index in [1.807, 2.05) is 18.7 Å². The van der Waals surface area contributed by atoms with Gasteiger partial charge in [-0.2, -0.15) is 11.8 Å². The van der Waals surface area contributed by atoms with Crippen LogP contribution in [0.3, 0.4) is 0 Å². The number of rotatable bonds is 5. The molecule has 0 spiro atoms. The van der Waals surface area contributed by atoms with Crippen LogP contribution in [-0.2, 0) is 14.8 Å². The van der Waals surface area contributed by atoms with Gasteiger partial charge in [0.05, 0.1) is 17.6 Å². The maximum absolute atomic E-state index is 12.2. The fraction of sp³-hybridized carbons (Fsp3) is 0.500. The van der Waals surface area contributed by atoms with Gasteiger partial charge in [-0.3, -0.25) is 9.52 Å². The molecule has 9 heteroatoms. The Kier molecular flexibility index (Phi) is 7.66. The van der Waals surface area contributed by atoms with Crippen LogP contribution < -0.4 is 15.4 Å². The zero-order chi connectivity index (χ0) is 16.2. The van der Waals surface area contributed by atoms with Crippen molar-refractivity contribution in [3.8, 4) is 0 Å². The van der Waals surface area contributed by atoms with Gasteiger partial charge in [0.15, 0.2) is 0 Å². The first-order chi connectivity index (χ1) is 10.3. The molecule has 2 rings (SSSR count). The number of carbonyl (C=O) groups is 1. The van der Waals surface area contributed by atoms with Crippen molar-refractivity contribution in [2.45, 2.75) is 19.4 Å². The van der Waals surface area contributed by atoms with Crippen LogP contribution in [0.4, 0.5) is 11.4 Å². The molecule has 0 radical (unpaired) electrons. The van der Waals surface area contributed by atoms with Crippen molar-refractivity contribution >= 4 is 51.5 Å². The van der Waals surface area contributed by atoms with E-state index >= 15 is 0 Å². The average molecular weight is 380 g/mol. The Morgan fingerprint density at radius 2 is 2.13 bits per heavy atom. The van der Waals surface area contributed by atoms with Crippen LogP contribution in [0.1, 0.15) is 12.0 Å². The van der Waals surface area contributed by atoms with Crippen molar-refractivity contribution in [2.75, 3.05) is 34.3 Å². The Hall–Kier alpha value is -0.960. The van der Waals surface area contributed by atoms with E-state index in [9.17, 15) is 13.2 Å². The van der Waals surface area contributed by atoms with E-state index < -0.39 is 10.0 Å². The Bertz CT molecular complexity index is 647. The molecule has 0 bridgehead atoms. The molecular formula is C14H22ClN3O3S2. The molecule has 1 unspecified atom stereocenters. The third-order valence-corrected chi connectivity index (χ3v) is 4.90. The van der Waals surface area contributed by atoms with Gasteiger partial charge in [0.2, 0.25) is 15.9 Å². The van der Waals surface area contributed by atoms with Crippen molar-refractivity contribution in [1.82, 2.24) is 5.32 Å². The van der Waals surface area contributed by atoms with Crippen LogP contribution in [0.5, 0.6) is 0 Å². The molecule has 1 saturated heterocycles. The first-order valence-corrected chi connectivity index (χ1v) is 10.1. The Morgan fingerprint density at radius 3 is 2.74 bits per heavy atom. The third kappa shape index (κ3) is 6.99. The van der Waals surface area contributed by atoms with Crippen molar-refractivity contribution in [3.05, 3.63) is 23.8 Å². The van der Waals surface area contributed by atoms with E-state index in [0.29, 0.717) is 17.8 Å². The van der Waals surface area contributed by atoms with Gasteiger partial charge >= 0.3 is 0 Å². The molecular weight excluding hydrogens is 358 g/mol. The lowest BCUT2D eigenvalue weighted by molar-refractivity contribution is -0.116. The van der Waals surface area contributed by atoms with E-state index in [4.69, 9.17) is 0 Å². The van der Waals surface area contributed by atoms with E-state index in [2.05, 4.69) is 15.4 Å². The van der Waals surface area contributed by atoms with Gasteiger partial charge in [0.25, 0.3) is 0 Å². The molecule has 6 nitrogen and oxygen atoms in total. The summed E-state index contributed by atoms with van der Waals surface area (Å²) in [5, 5.41) is 6.11. The lowest BCUT2D eigenvalue weighted by Gasteiger charge is -2.22. The highest BCUT2D eigenvalue weighted by Crippen LogP contribution is 2.24. The molecule has 1 aliphatic heterocycles. The molecule has 1 fully saturated rings. The molecule has 1 aliphatic rings. The standard InChI is InChI=1S/C14H21N3O3S2.ClH/c1-10-3-4-12(17-22(2,19)20)13(7-10)16-14(18)8-11-9-21-6-5-15-11;/h3-4,7,11,15,17H,5-6,8-9H2,1-2H3,(H,16,18);1H. The number of hydrogen-bond donors (Lipinski definition) is 3. The molecule has 1 heterocycles. The number of anilines is 2. The summed E-state index contributed by atoms with van der Waals surface area (Å²) in [5.74, 6) is 1.86. The third-order valence-electron chi connectivity index (χ3n) is 3.17. The lowest BCUT2D eigenvalue weighted by Crippen LogP contribution is -2.40. The van der Waals surface area contributed by atoms with E-state index in [1.165, 1.54) is 0 Å². The van der Waals surface area contributed by atoms with Crippen molar-refractivity contribution in [2.24, 2.45) is 0 Å². The first-order valence-electron chi connectivity index (χ1n) is 7.03. The fourth-order valence-electron chi connectivity index (χ4n) is 2.23. The number of benzene rings is 1. The quantitative estimate of drug-likeness (QED) is 0.726. The number of thioether (sulfide) groups is 1. The molecule has 0 aliphatic carbocycles. The molecule has 1 aromatic carbocycles. The minimum Gasteiger partial charge on any atom is -0.324 e. The van der Waals surface area contributed by atoms with E-state index in [0.717, 1.165) is 29.9 Å². The summed E-state index contributed by atoms with van der Waals surface area (Å²) in [7, 11) is -3.39. The highest BCUT2D eigenvalue weighted by molar-refractivity contribution is 7.99. The fourth-order valence-corrected chi connectivity index (χ4v) is 3.75. The highest BCUT2D eigenvalue weighted by Gasteiger charge is 2.18. The van der Waals surface area contributed by atoms with Gasteiger partial charge in [-0.05, 0) is 24.6 Å². The summed E-state index contributed by atoms with van der Waals surface area (Å²) in [5.41, 5.74) is 1.81. The normalized spacial score (nSPS) is 17.9.